The number of nitrogens with zero attached hydrogens (tertiary/aromatic N) is 1. The summed E-state index contributed by atoms with van der Waals surface area (Å²) < 4.78 is 0. The molecule has 0 aliphatic carbocycles. The number of aliphatic hydroxyl groups is 1. The Morgan fingerprint density at radius 2 is 1.48 bits per heavy atom. The predicted molar refractivity (Wildman–Crippen MR) is 107 cm³/mol. The Morgan fingerprint density at radius 3 is 1.94 bits per heavy atom. The Bertz CT molecular complexity index is 874. The van der Waals surface area contributed by atoms with E-state index in [1.165, 1.54) is 12.5 Å². The first kappa shape index (κ1) is 27.0. The molecule has 33 heavy (non-hydrogen) atoms. The first-order chi connectivity index (χ1) is 15.4. The van der Waals surface area contributed by atoms with E-state index in [-0.39, 0.29) is 6.42 Å². The summed E-state index contributed by atoms with van der Waals surface area (Å²) in [6, 6.07) is -6.32. The molecule has 4 atom stereocenters. The molecule has 1 heterocycles. The summed E-state index contributed by atoms with van der Waals surface area (Å²) in [6.45, 7) is -0.770. The van der Waals surface area contributed by atoms with Crippen LogP contribution in [-0.2, 0) is 35.2 Å². The maximum Gasteiger partial charge on any atom is 0.326 e. The number of nitrogens with two attached hydrogens (primary N) is 2. The van der Waals surface area contributed by atoms with Crippen molar-refractivity contribution < 1.29 is 44.1 Å². The summed E-state index contributed by atoms with van der Waals surface area (Å²) in [5.74, 6) is -7.27. The quantitative estimate of drug-likeness (QED) is 0.124. The number of amides is 4. The van der Waals surface area contributed by atoms with Gasteiger partial charge in [-0.15, -0.1) is 0 Å². The minimum absolute atomic E-state index is 0.214. The van der Waals surface area contributed by atoms with Gasteiger partial charge >= 0.3 is 11.9 Å². The molecule has 0 saturated carbocycles. The molecule has 1 aromatic heterocycles. The molecule has 0 fully saturated rings. The number of aliphatic hydroxyl groups excluding tert-OH is 1. The molecule has 4 amide bonds. The molecule has 0 aliphatic heterocycles. The van der Waals surface area contributed by atoms with Crippen LogP contribution in [0.15, 0.2) is 12.5 Å². The van der Waals surface area contributed by atoms with Crippen LogP contribution in [0.2, 0.25) is 0 Å². The average Bonchev–Trinajstić information content (AvgIpc) is 3.23. The molecule has 4 unspecified atom stereocenters. The van der Waals surface area contributed by atoms with E-state index >= 15 is 0 Å². The fourth-order valence-electron chi connectivity index (χ4n) is 2.52. The second-order valence-corrected chi connectivity index (χ2v) is 6.86. The smallest absolute Gasteiger partial charge is 0.326 e. The number of imidazole rings is 1. The van der Waals surface area contributed by atoms with Crippen molar-refractivity contribution in [1.82, 2.24) is 25.9 Å². The van der Waals surface area contributed by atoms with E-state index in [9.17, 15) is 33.9 Å². The summed E-state index contributed by atoms with van der Waals surface area (Å²) >= 11 is 0. The van der Waals surface area contributed by atoms with Gasteiger partial charge in [-0.3, -0.25) is 24.0 Å². The van der Waals surface area contributed by atoms with Crippen molar-refractivity contribution >= 4 is 35.6 Å². The van der Waals surface area contributed by atoms with Gasteiger partial charge in [-0.05, 0) is 0 Å². The van der Waals surface area contributed by atoms with Crippen LogP contribution in [-0.4, -0.2) is 91.6 Å². The van der Waals surface area contributed by atoms with Crippen LogP contribution >= 0.6 is 0 Å². The summed E-state index contributed by atoms with van der Waals surface area (Å²) in [4.78, 5) is 77.3. The van der Waals surface area contributed by atoms with Crippen molar-refractivity contribution in [3.63, 3.8) is 0 Å². The van der Waals surface area contributed by atoms with Gasteiger partial charge in [0.05, 0.1) is 25.8 Å². The van der Waals surface area contributed by atoms with Crippen molar-refractivity contribution in [2.24, 2.45) is 11.5 Å². The molecule has 11 N–H and O–H groups in total. The Kier molecular flexibility index (Phi) is 10.4. The number of carbonyl (C=O) groups is 6. The summed E-state index contributed by atoms with van der Waals surface area (Å²) in [6.07, 6.45) is 0.733. The molecule has 0 bridgehead atoms. The lowest BCUT2D eigenvalue weighted by Crippen LogP contribution is -2.58. The highest BCUT2D eigenvalue weighted by atomic mass is 16.4. The number of primary amides is 1. The van der Waals surface area contributed by atoms with Gasteiger partial charge in [0.25, 0.3) is 0 Å². The van der Waals surface area contributed by atoms with Crippen LogP contribution in [0.3, 0.4) is 0 Å². The first-order valence-corrected chi connectivity index (χ1v) is 9.42. The number of carboxylic acids is 2. The fourth-order valence-corrected chi connectivity index (χ4v) is 2.52. The minimum atomic E-state index is -1.77. The minimum Gasteiger partial charge on any atom is -0.481 e. The lowest BCUT2D eigenvalue weighted by atomic mass is 10.1. The second kappa shape index (κ2) is 12.7. The molecule has 0 aromatic carbocycles. The lowest BCUT2D eigenvalue weighted by Gasteiger charge is -2.23. The fraction of sp³-hybridized carbons (Fsp3) is 0.471. The third kappa shape index (κ3) is 9.32. The zero-order valence-corrected chi connectivity index (χ0v) is 17.2. The molecule has 1 aromatic rings. The van der Waals surface area contributed by atoms with Gasteiger partial charge in [-0.25, -0.2) is 9.78 Å². The summed E-state index contributed by atoms with van der Waals surface area (Å²) in [5.41, 5.74) is 10.8. The van der Waals surface area contributed by atoms with E-state index in [4.69, 9.17) is 21.7 Å². The molecule has 182 valence electrons. The number of aliphatic carboxylic acids is 2. The maximum absolute atomic E-state index is 12.6. The SMILES string of the molecule is NC(=O)CC(NC(=O)C(N)CO)C(=O)NC(CC(=O)O)C(=O)NC(Cc1cnc[nH]1)C(=O)O. The number of hydrogen-bond acceptors (Lipinski definition) is 9. The van der Waals surface area contributed by atoms with Crippen LogP contribution in [0.25, 0.3) is 0 Å². The number of nitrogens with one attached hydrogen (secondary N) is 4. The molecule has 0 radical (unpaired) electrons. The van der Waals surface area contributed by atoms with Crippen molar-refractivity contribution in [3.8, 4) is 0 Å². The van der Waals surface area contributed by atoms with Gasteiger partial charge in [0.2, 0.25) is 23.6 Å². The van der Waals surface area contributed by atoms with E-state index in [1.54, 1.807) is 0 Å². The highest BCUT2D eigenvalue weighted by Crippen LogP contribution is 2.03. The van der Waals surface area contributed by atoms with Crippen molar-refractivity contribution in [3.05, 3.63) is 18.2 Å². The number of carboxylic acid groups (broad SMARTS) is 2. The van der Waals surface area contributed by atoms with E-state index in [1.807, 2.05) is 5.32 Å². The van der Waals surface area contributed by atoms with Crippen LogP contribution in [0.1, 0.15) is 18.5 Å². The zero-order valence-electron chi connectivity index (χ0n) is 17.2. The Balaban J connectivity index is 2.99. The molecule has 0 aliphatic rings. The van der Waals surface area contributed by atoms with Crippen LogP contribution < -0.4 is 27.4 Å². The van der Waals surface area contributed by atoms with Gasteiger partial charge in [0, 0.05) is 18.3 Å². The van der Waals surface area contributed by atoms with Crippen LogP contribution in [0, 0.1) is 0 Å². The lowest BCUT2D eigenvalue weighted by molar-refractivity contribution is -0.144. The Morgan fingerprint density at radius 1 is 0.939 bits per heavy atom. The molecule has 0 saturated heterocycles. The number of carbonyl (C=O) groups excluding carboxylic acids is 4. The van der Waals surface area contributed by atoms with Crippen molar-refractivity contribution in [1.29, 1.82) is 0 Å². The van der Waals surface area contributed by atoms with Gasteiger partial charge in [0.1, 0.15) is 24.2 Å². The number of rotatable bonds is 14. The molecule has 16 nitrogen and oxygen atoms in total. The third-order valence-corrected chi connectivity index (χ3v) is 4.18. The maximum atomic E-state index is 12.6. The Hall–Kier alpha value is -4.05. The van der Waals surface area contributed by atoms with Crippen molar-refractivity contribution in [2.45, 2.75) is 43.4 Å². The highest BCUT2D eigenvalue weighted by Gasteiger charge is 2.32. The van der Waals surface area contributed by atoms with E-state index < -0.39 is 79.2 Å². The highest BCUT2D eigenvalue weighted by molar-refractivity contribution is 5.97. The average molecular weight is 471 g/mol. The van der Waals surface area contributed by atoms with Gasteiger partial charge < -0.3 is 47.7 Å². The van der Waals surface area contributed by atoms with Crippen molar-refractivity contribution in [2.75, 3.05) is 6.61 Å². The summed E-state index contributed by atoms with van der Waals surface area (Å²) in [5, 5.41) is 33.6. The monoisotopic (exact) mass is 471 g/mol. The predicted octanol–water partition coefficient (Wildman–Crippen LogP) is -4.84. The number of hydrogen-bond donors (Lipinski definition) is 9. The molecular formula is C17H25N7O9. The van der Waals surface area contributed by atoms with Gasteiger partial charge in [-0.1, -0.05) is 0 Å². The third-order valence-electron chi connectivity index (χ3n) is 4.18. The second-order valence-electron chi connectivity index (χ2n) is 6.86. The first-order valence-electron chi connectivity index (χ1n) is 9.42. The van der Waals surface area contributed by atoms with E-state index in [0.29, 0.717) is 5.69 Å². The van der Waals surface area contributed by atoms with E-state index in [0.717, 1.165) is 0 Å². The van der Waals surface area contributed by atoms with Gasteiger partial charge in [0.15, 0.2) is 0 Å². The topological polar surface area (TPSA) is 280 Å². The van der Waals surface area contributed by atoms with Crippen LogP contribution in [0.4, 0.5) is 0 Å². The van der Waals surface area contributed by atoms with Crippen LogP contribution in [0.5, 0.6) is 0 Å². The Labute approximate surface area is 186 Å². The molecule has 16 heteroatoms. The number of aromatic nitrogens is 2. The molecular weight excluding hydrogens is 446 g/mol. The largest absolute Gasteiger partial charge is 0.481 e. The number of H-pyrrole nitrogens is 1. The molecule has 0 spiro atoms. The summed E-state index contributed by atoms with van der Waals surface area (Å²) in [7, 11) is 0. The van der Waals surface area contributed by atoms with E-state index in [2.05, 4.69) is 20.6 Å². The normalized spacial score (nSPS) is 14.2. The van der Waals surface area contributed by atoms with Gasteiger partial charge in [-0.2, -0.15) is 0 Å². The number of aromatic amines is 1. The zero-order chi connectivity index (χ0) is 25.1. The standard InChI is InChI=1S/C17H25N7O9/c18-8(5-25)14(29)22-9(2-12(19)26)15(30)23-10(3-13(27)28)16(31)24-11(17(32)33)1-7-4-20-6-21-7/h4,6,8-11,25H,1-3,5,18H2,(H2,19,26)(H,20,21)(H,22,29)(H,23,30)(H,24,31)(H,27,28)(H,32,33). The molecule has 1 rings (SSSR count).